The minimum Gasteiger partial charge on any atom is -0.459 e. The second-order valence-electron chi connectivity index (χ2n) is 24.8. The Balaban J connectivity index is 1.10. The van der Waals surface area contributed by atoms with Crippen LogP contribution in [0, 0.1) is 23.7 Å². The number of piperidine rings is 1. The lowest BCUT2D eigenvalue weighted by atomic mass is 9.68. The molecule has 0 radical (unpaired) electrons. The van der Waals surface area contributed by atoms with Crippen molar-refractivity contribution in [3.63, 3.8) is 0 Å². The highest BCUT2D eigenvalue weighted by atomic mass is 19.1. The lowest BCUT2D eigenvalue weighted by Gasteiger charge is -2.51. The fourth-order valence-corrected chi connectivity index (χ4v) is 13.8. The summed E-state index contributed by atoms with van der Waals surface area (Å²) in [6, 6.07) is 6.19. The average Bonchev–Trinajstić information content (AvgIpc) is 4.20. The molecule has 21 heteroatoms. The van der Waals surface area contributed by atoms with Gasteiger partial charge in [-0.25, -0.2) is 9.07 Å². The third-order valence-electron chi connectivity index (χ3n) is 18.8. The fraction of sp³-hybridized carbons (Fsp3) is 0.845. The Morgan fingerprint density at radius 2 is 1.59 bits per heavy atom. The number of aliphatic hydroxyl groups excluding tert-OH is 3. The van der Waals surface area contributed by atoms with E-state index in [1.165, 1.54) is 18.7 Å². The summed E-state index contributed by atoms with van der Waals surface area (Å²) in [5, 5.41) is 69.2. The molecule has 1 spiro atoms. The van der Waals surface area contributed by atoms with Gasteiger partial charge in [-0.3, -0.25) is 4.79 Å². The van der Waals surface area contributed by atoms with Crippen molar-refractivity contribution in [2.75, 3.05) is 79.3 Å². The molecule has 5 fully saturated rings. The Morgan fingerprint density at radius 3 is 2.20 bits per heavy atom. The van der Waals surface area contributed by atoms with Gasteiger partial charge < -0.3 is 78.1 Å². The minimum absolute atomic E-state index is 0.172. The van der Waals surface area contributed by atoms with E-state index in [2.05, 4.69) is 15.2 Å². The fourth-order valence-electron chi connectivity index (χ4n) is 13.8. The van der Waals surface area contributed by atoms with E-state index < -0.39 is 132 Å². The van der Waals surface area contributed by atoms with E-state index in [-0.39, 0.29) is 25.2 Å². The molecule has 0 amide bonds. The first-order valence-corrected chi connectivity index (χ1v) is 29.0. The number of ether oxygens (including phenoxy) is 8. The van der Waals surface area contributed by atoms with Crippen molar-refractivity contribution in [1.82, 2.24) is 24.8 Å². The van der Waals surface area contributed by atoms with E-state index >= 15 is 4.39 Å². The monoisotopic (exact) mass is 1120 g/mol. The van der Waals surface area contributed by atoms with Gasteiger partial charge in [-0.15, -0.1) is 5.10 Å². The highest BCUT2D eigenvalue weighted by Gasteiger charge is 2.55. The third-order valence-corrected chi connectivity index (χ3v) is 18.8. The van der Waals surface area contributed by atoms with Crippen molar-refractivity contribution in [3.8, 4) is 0 Å². The summed E-state index contributed by atoms with van der Waals surface area (Å²) < 4.78 is 66.7. The molecule has 7 rings (SSSR count). The molecule has 79 heavy (non-hydrogen) atoms. The summed E-state index contributed by atoms with van der Waals surface area (Å²) >= 11 is 0. The van der Waals surface area contributed by atoms with Crippen LogP contribution in [-0.2, 0) is 49.1 Å². The maximum Gasteiger partial charge on any atom is 0.309 e. The number of hydrogen-bond donors (Lipinski definition) is 5. The van der Waals surface area contributed by atoms with Crippen molar-refractivity contribution >= 4 is 11.7 Å². The zero-order valence-corrected chi connectivity index (χ0v) is 49.6. The van der Waals surface area contributed by atoms with Gasteiger partial charge in [-0.2, -0.15) is 0 Å². The third kappa shape index (κ3) is 14.0. The van der Waals surface area contributed by atoms with Gasteiger partial charge >= 0.3 is 5.97 Å². The Kier molecular flexibility index (Phi) is 21.2. The smallest absolute Gasteiger partial charge is 0.309 e. The quantitative estimate of drug-likeness (QED) is 0.153. The van der Waals surface area contributed by atoms with Gasteiger partial charge in [0, 0.05) is 96.0 Å². The molecule has 1 aromatic carbocycles. The number of methoxy groups -OCH3 is 2. The Hall–Kier alpha value is -3.00. The SMILES string of the molecule is CC[C@H]1OC(=O)[C@H](C)[C@@H](C2C[C@@](C)(OC)[C@@H](O)[C@H](C)O2)[C@H](C)[C@@H](O[C@@H]2O[C@H](C)C[C@H](N(C)CCc3cn([C@H](CF)[C@H](OC)c4ccc(N5CCC6(CC5)OCCO6)cc4)nn3)[C@H]2O)[C@](C)(O)C[C@@H](C)CN(C)[C@H](C)[C@@H](O)[C@]1(C)O. The van der Waals surface area contributed by atoms with Crippen LogP contribution in [0.1, 0.15) is 131 Å². The summed E-state index contributed by atoms with van der Waals surface area (Å²) in [5.74, 6) is -3.72. The minimum atomic E-state index is -1.83. The van der Waals surface area contributed by atoms with Crippen molar-refractivity contribution in [2.24, 2.45) is 23.7 Å². The molecule has 20 atom stereocenters. The molecule has 5 N–H and O–H groups in total. The van der Waals surface area contributed by atoms with Crippen LogP contribution >= 0.6 is 0 Å². The van der Waals surface area contributed by atoms with Gasteiger partial charge in [-0.05, 0) is 104 Å². The predicted molar refractivity (Wildman–Crippen MR) is 293 cm³/mol. The second-order valence-corrected chi connectivity index (χ2v) is 24.8. The summed E-state index contributed by atoms with van der Waals surface area (Å²) in [5.41, 5.74) is -2.03. The van der Waals surface area contributed by atoms with E-state index in [1.54, 1.807) is 54.8 Å². The molecular formula is C58H97FN6O14. The van der Waals surface area contributed by atoms with Crippen LogP contribution in [-0.4, -0.2) is 220 Å². The number of cyclic esters (lactones) is 1. The van der Waals surface area contributed by atoms with Crippen LogP contribution in [0.4, 0.5) is 10.1 Å². The van der Waals surface area contributed by atoms with Crippen LogP contribution in [0.15, 0.2) is 30.5 Å². The number of carbonyl (C=O) groups excluding carboxylic acids is 1. The molecule has 450 valence electrons. The Labute approximate surface area is 468 Å². The van der Waals surface area contributed by atoms with Crippen molar-refractivity contribution < 1.29 is 72.6 Å². The van der Waals surface area contributed by atoms with Crippen LogP contribution in [0.2, 0.25) is 0 Å². The van der Waals surface area contributed by atoms with E-state index in [4.69, 9.17) is 37.9 Å². The molecule has 1 unspecified atom stereocenters. The molecule has 0 aliphatic carbocycles. The second kappa shape index (κ2) is 26.3. The van der Waals surface area contributed by atoms with Gasteiger partial charge in [-0.1, -0.05) is 45.0 Å². The number of benzene rings is 1. The van der Waals surface area contributed by atoms with Crippen LogP contribution in [0.3, 0.4) is 0 Å². The molecule has 2 aromatic rings. The van der Waals surface area contributed by atoms with Gasteiger partial charge in [0.05, 0.1) is 60.4 Å². The number of carbonyl (C=O) groups is 1. The van der Waals surface area contributed by atoms with E-state index in [0.717, 1.165) is 37.2 Å². The summed E-state index contributed by atoms with van der Waals surface area (Å²) in [4.78, 5) is 20.9. The molecule has 6 heterocycles. The topological polar surface area (TPSA) is 232 Å². The van der Waals surface area contributed by atoms with E-state index in [1.807, 2.05) is 68.9 Å². The maximum atomic E-state index is 15.1. The first-order chi connectivity index (χ1) is 37.2. The van der Waals surface area contributed by atoms with Gasteiger partial charge in [0.2, 0.25) is 0 Å². The summed E-state index contributed by atoms with van der Waals surface area (Å²) in [7, 11) is 6.84. The first-order valence-electron chi connectivity index (χ1n) is 29.0. The largest absolute Gasteiger partial charge is 0.459 e. The van der Waals surface area contributed by atoms with Gasteiger partial charge in [0.25, 0.3) is 0 Å². The molecule has 1 aromatic heterocycles. The number of alkyl halides is 1. The number of aliphatic hydroxyl groups is 5. The Morgan fingerprint density at radius 1 is 0.937 bits per heavy atom. The number of nitrogens with zero attached hydrogens (tertiary/aromatic N) is 6. The normalized spacial score (nSPS) is 40.2. The molecule has 5 aliphatic rings. The average molecular weight is 1120 g/mol. The van der Waals surface area contributed by atoms with Gasteiger partial charge in [0.1, 0.15) is 48.8 Å². The van der Waals surface area contributed by atoms with Gasteiger partial charge in [0.15, 0.2) is 12.1 Å². The zero-order chi connectivity index (χ0) is 57.9. The number of likely N-dealkylation sites (N-methyl/N-ethyl adjacent to an activating group) is 2. The summed E-state index contributed by atoms with van der Waals surface area (Å²) in [6.45, 7) is 20.8. The summed E-state index contributed by atoms with van der Waals surface area (Å²) in [6.07, 6.45) is -4.63. The van der Waals surface area contributed by atoms with E-state index in [0.29, 0.717) is 44.8 Å². The van der Waals surface area contributed by atoms with Crippen LogP contribution < -0.4 is 4.90 Å². The number of hydrogen-bond acceptors (Lipinski definition) is 19. The number of rotatable bonds is 15. The molecule has 0 saturated carbocycles. The number of aromatic nitrogens is 3. The van der Waals surface area contributed by atoms with Crippen LogP contribution in [0.5, 0.6) is 0 Å². The molecule has 5 aliphatic heterocycles. The standard InChI is InChI=1S/C58H97FN6O14/c1-15-46-57(10,71)50(67)38(6)63(12)32-34(2)29-55(8,70)52(36(4)47(37(5)53(69)78-46)45-30-56(9,73-14)51(68)39(7)77-45)79-54-48(66)43(28-35(3)76-54)62(11)23-20-41-33-65(61-60-41)44(31-59)49(72-13)40-16-18-42(19-17-40)64-24-21-58(22-25-64)74-26-27-75-58/h16-19,33-39,43-52,54,66-68,70-71H,15,20-32H2,1-14H3/t34-,35-,36+,37-,38-,39+,43+,44-,45?,46-,47+,48-,49-,50-,51+,52-,54+,55-,56-,57-/m1/s1. The number of anilines is 1. The lowest BCUT2D eigenvalue weighted by molar-refractivity contribution is -0.302. The van der Waals surface area contributed by atoms with Crippen molar-refractivity contribution in [1.29, 1.82) is 0 Å². The maximum absolute atomic E-state index is 15.1. The Bertz CT molecular complexity index is 2230. The molecule has 20 nitrogen and oxygen atoms in total. The molecule has 5 saturated heterocycles. The lowest BCUT2D eigenvalue weighted by Crippen LogP contribution is -2.62. The number of halogens is 1. The zero-order valence-electron chi connectivity index (χ0n) is 49.6. The highest BCUT2D eigenvalue weighted by molar-refractivity contribution is 5.73. The highest BCUT2D eigenvalue weighted by Crippen LogP contribution is 2.45. The molecular weight excluding hydrogens is 1020 g/mol. The molecule has 0 bridgehead atoms. The van der Waals surface area contributed by atoms with Crippen molar-refractivity contribution in [2.45, 2.75) is 216 Å². The predicted octanol–water partition coefficient (Wildman–Crippen LogP) is 4.62. The number of esters is 1. The van der Waals surface area contributed by atoms with Crippen LogP contribution in [0.25, 0.3) is 0 Å². The first kappa shape index (κ1) is 63.6. The van der Waals surface area contributed by atoms with Crippen molar-refractivity contribution in [3.05, 3.63) is 41.7 Å². The van der Waals surface area contributed by atoms with E-state index in [9.17, 15) is 30.3 Å².